The maximum absolute atomic E-state index is 12.2. The lowest BCUT2D eigenvalue weighted by Gasteiger charge is -2.19. The average Bonchev–Trinajstić information content (AvgIpc) is 2.85. The van der Waals surface area contributed by atoms with Gasteiger partial charge in [0.1, 0.15) is 0 Å². The molecule has 0 spiro atoms. The van der Waals surface area contributed by atoms with E-state index in [9.17, 15) is 28.4 Å². The molecule has 2 rings (SSSR count). The van der Waals surface area contributed by atoms with Gasteiger partial charge in [0.2, 0.25) is 15.9 Å². The van der Waals surface area contributed by atoms with Crippen molar-refractivity contribution < 1.29 is 23.2 Å². The summed E-state index contributed by atoms with van der Waals surface area (Å²) in [6.45, 7) is 1.53. The molecule has 1 aromatic rings. The highest BCUT2D eigenvalue weighted by molar-refractivity contribution is 7.89. The summed E-state index contributed by atoms with van der Waals surface area (Å²) < 4.78 is 26.4. The fourth-order valence-corrected chi connectivity index (χ4v) is 3.48. The van der Waals surface area contributed by atoms with E-state index in [1.807, 2.05) is 0 Å². The smallest absolute Gasteiger partial charge is 0.289 e. The molecule has 1 amide bonds. The number of nitrogens with one attached hydrogen (secondary N) is 1. The van der Waals surface area contributed by atoms with Crippen LogP contribution >= 0.6 is 0 Å². The number of likely N-dealkylation sites (tertiary alicyclic amines) is 1. The zero-order chi connectivity index (χ0) is 17.3. The first-order valence-corrected chi connectivity index (χ1v) is 8.34. The fourth-order valence-electron chi connectivity index (χ4n) is 2.34. The van der Waals surface area contributed by atoms with E-state index < -0.39 is 43.6 Å². The van der Waals surface area contributed by atoms with Crippen molar-refractivity contribution in [2.45, 2.75) is 23.8 Å². The van der Waals surface area contributed by atoms with Crippen LogP contribution in [0, 0.1) is 10.1 Å². The van der Waals surface area contributed by atoms with Crippen LogP contribution in [0.2, 0.25) is 0 Å². The number of sulfonamides is 1. The molecule has 1 aromatic carbocycles. The van der Waals surface area contributed by atoms with Crippen molar-refractivity contribution in [2.24, 2.45) is 0 Å². The van der Waals surface area contributed by atoms with Crippen molar-refractivity contribution in [1.29, 1.82) is 0 Å². The number of nitro benzene ring substituents is 1. The summed E-state index contributed by atoms with van der Waals surface area (Å²) in [6.07, 6.45) is 0.412. The molecule has 0 saturated carbocycles. The van der Waals surface area contributed by atoms with Crippen LogP contribution in [0.5, 0.6) is 0 Å². The van der Waals surface area contributed by atoms with E-state index in [0.29, 0.717) is 13.0 Å². The number of β-amino-alcohol motifs (C(OH)–C–C–N with tert-alkyl or cyclic N) is 1. The highest BCUT2D eigenvalue weighted by Crippen LogP contribution is 2.23. The normalized spacial score (nSPS) is 21.4. The molecule has 9 nitrogen and oxygen atoms in total. The van der Waals surface area contributed by atoms with Gasteiger partial charge in [-0.3, -0.25) is 14.9 Å². The van der Waals surface area contributed by atoms with Crippen molar-refractivity contribution >= 4 is 21.6 Å². The Labute approximate surface area is 133 Å². The number of aliphatic hydroxyl groups is 1. The van der Waals surface area contributed by atoms with Gasteiger partial charge in [-0.15, -0.1) is 0 Å². The molecule has 1 heterocycles. The Balaban J connectivity index is 2.08. The number of carbonyl (C=O) groups is 1. The number of nitro groups is 1. The minimum absolute atomic E-state index is 0.124. The van der Waals surface area contributed by atoms with E-state index in [4.69, 9.17) is 0 Å². The monoisotopic (exact) mass is 343 g/mol. The predicted molar refractivity (Wildman–Crippen MR) is 80.1 cm³/mol. The lowest BCUT2D eigenvalue weighted by atomic mass is 10.1. The van der Waals surface area contributed by atoms with E-state index in [-0.39, 0.29) is 6.54 Å². The molecule has 10 heteroatoms. The van der Waals surface area contributed by atoms with Gasteiger partial charge in [-0.1, -0.05) is 12.1 Å². The number of rotatable bonds is 5. The molecule has 1 aliphatic rings. The first kappa shape index (κ1) is 17.3. The quantitative estimate of drug-likeness (QED) is 0.565. The van der Waals surface area contributed by atoms with E-state index in [2.05, 4.69) is 4.72 Å². The largest absolute Gasteiger partial charge is 0.388 e. The van der Waals surface area contributed by atoms with Gasteiger partial charge in [0.05, 0.1) is 17.1 Å². The SMILES string of the molecule is C[C@@]1(O)CCN(C(=O)CNS(=O)(=O)c2ccccc2[N+](=O)[O-])C1. The van der Waals surface area contributed by atoms with Gasteiger partial charge in [-0.2, -0.15) is 0 Å². The molecule has 0 aromatic heterocycles. The number of carbonyl (C=O) groups excluding carboxylic acids is 1. The molecular weight excluding hydrogens is 326 g/mol. The molecule has 23 heavy (non-hydrogen) atoms. The molecule has 0 aliphatic carbocycles. The Kier molecular flexibility index (Phi) is 4.68. The second-order valence-corrected chi connectivity index (χ2v) is 7.35. The topological polar surface area (TPSA) is 130 Å². The van der Waals surface area contributed by atoms with Gasteiger partial charge < -0.3 is 10.0 Å². The summed E-state index contributed by atoms with van der Waals surface area (Å²) >= 11 is 0. The highest BCUT2D eigenvalue weighted by Gasteiger charge is 2.34. The molecule has 0 radical (unpaired) electrons. The maximum Gasteiger partial charge on any atom is 0.289 e. The van der Waals surface area contributed by atoms with Gasteiger partial charge in [-0.05, 0) is 19.4 Å². The summed E-state index contributed by atoms with van der Waals surface area (Å²) in [4.78, 5) is 22.9. The van der Waals surface area contributed by atoms with Crippen LogP contribution in [0.25, 0.3) is 0 Å². The third-order valence-corrected chi connectivity index (χ3v) is 5.02. The number of para-hydroxylation sites is 1. The lowest BCUT2D eigenvalue weighted by Crippen LogP contribution is -2.40. The second-order valence-electron chi connectivity index (χ2n) is 5.61. The Morgan fingerprint density at radius 1 is 1.48 bits per heavy atom. The molecule has 0 bridgehead atoms. The maximum atomic E-state index is 12.2. The van der Waals surface area contributed by atoms with Crippen molar-refractivity contribution in [2.75, 3.05) is 19.6 Å². The first-order chi connectivity index (χ1) is 10.6. The van der Waals surface area contributed by atoms with Crippen LogP contribution in [-0.4, -0.2) is 54.5 Å². The van der Waals surface area contributed by atoms with Crippen molar-refractivity contribution in [3.05, 3.63) is 34.4 Å². The van der Waals surface area contributed by atoms with Crippen LogP contribution < -0.4 is 4.72 Å². The Morgan fingerprint density at radius 3 is 2.70 bits per heavy atom. The van der Waals surface area contributed by atoms with E-state index in [0.717, 1.165) is 12.1 Å². The van der Waals surface area contributed by atoms with E-state index in [1.165, 1.54) is 17.0 Å². The number of benzene rings is 1. The first-order valence-electron chi connectivity index (χ1n) is 6.86. The van der Waals surface area contributed by atoms with E-state index >= 15 is 0 Å². The summed E-state index contributed by atoms with van der Waals surface area (Å²) in [5.41, 5.74) is -1.54. The molecule has 1 atom stereocenters. The van der Waals surface area contributed by atoms with Crippen LogP contribution in [-0.2, 0) is 14.8 Å². The minimum Gasteiger partial charge on any atom is -0.388 e. The van der Waals surface area contributed by atoms with Gasteiger partial charge in [0.25, 0.3) is 5.69 Å². The molecular formula is C13H17N3O6S. The predicted octanol–water partition coefficient (Wildman–Crippen LogP) is -0.144. The summed E-state index contributed by atoms with van der Waals surface area (Å²) in [5, 5.41) is 20.7. The fraction of sp³-hybridized carbons (Fsp3) is 0.462. The van der Waals surface area contributed by atoms with Gasteiger partial charge in [0, 0.05) is 19.2 Å². The third-order valence-electron chi connectivity index (χ3n) is 3.57. The number of nitrogens with zero attached hydrogens (tertiary/aromatic N) is 2. The summed E-state index contributed by atoms with van der Waals surface area (Å²) in [7, 11) is -4.19. The van der Waals surface area contributed by atoms with Gasteiger partial charge in [-0.25, -0.2) is 13.1 Å². The van der Waals surface area contributed by atoms with Crippen LogP contribution in [0.4, 0.5) is 5.69 Å². The van der Waals surface area contributed by atoms with Crippen LogP contribution in [0.1, 0.15) is 13.3 Å². The molecule has 2 N–H and O–H groups in total. The lowest BCUT2D eigenvalue weighted by molar-refractivity contribution is -0.387. The van der Waals surface area contributed by atoms with Gasteiger partial charge in [0.15, 0.2) is 4.90 Å². The average molecular weight is 343 g/mol. The number of hydrogen-bond donors (Lipinski definition) is 2. The number of hydrogen-bond acceptors (Lipinski definition) is 6. The number of amides is 1. The van der Waals surface area contributed by atoms with Crippen LogP contribution in [0.3, 0.4) is 0 Å². The van der Waals surface area contributed by atoms with Crippen LogP contribution in [0.15, 0.2) is 29.2 Å². The summed E-state index contributed by atoms with van der Waals surface area (Å²) in [6, 6.07) is 4.90. The minimum atomic E-state index is -4.19. The molecule has 1 aliphatic heterocycles. The molecule has 1 saturated heterocycles. The third kappa shape index (κ3) is 4.03. The Hall–Kier alpha value is -2.04. The standard InChI is InChI=1S/C13H17N3O6S/c1-13(18)6-7-15(9-13)12(17)8-14-23(21,22)11-5-3-2-4-10(11)16(19)20/h2-5,14,18H,6-9H2,1H3/t13-/m1/s1. The van der Waals surface area contributed by atoms with E-state index in [1.54, 1.807) is 6.92 Å². The molecule has 126 valence electrons. The van der Waals surface area contributed by atoms with Gasteiger partial charge >= 0.3 is 0 Å². The highest BCUT2D eigenvalue weighted by atomic mass is 32.2. The van der Waals surface area contributed by atoms with Crippen molar-refractivity contribution in [3.63, 3.8) is 0 Å². The zero-order valence-corrected chi connectivity index (χ0v) is 13.2. The second kappa shape index (κ2) is 6.22. The van der Waals surface area contributed by atoms with Crippen molar-refractivity contribution in [3.8, 4) is 0 Å². The Bertz CT molecular complexity index is 731. The molecule has 1 fully saturated rings. The summed E-state index contributed by atoms with van der Waals surface area (Å²) in [5.74, 6) is -0.495. The van der Waals surface area contributed by atoms with Crippen molar-refractivity contribution in [1.82, 2.24) is 9.62 Å². The zero-order valence-electron chi connectivity index (χ0n) is 12.4. The molecule has 0 unspecified atom stereocenters. The Morgan fingerprint density at radius 2 is 2.13 bits per heavy atom.